The third-order valence-electron chi connectivity index (χ3n) is 5.78. The molecule has 0 bridgehead atoms. The first kappa shape index (κ1) is 17.1. The van der Waals surface area contributed by atoms with Crippen molar-refractivity contribution < 1.29 is 0 Å². The number of piperidine rings is 1. The Morgan fingerprint density at radius 2 is 1.83 bits per heavy atom. The SMILES string of the molecule is CC.CCc1c[nH]c2nc(N3CCC4(CCCC4)CC3)[nH]c(=O)c12. The number of aryl methyl sites for hydroxylation is 1. The lowest BCUT2D eigenvalue weighted by Crippen LogP contribution is -2.40. The van der Waals surface area contributed by atoms with E-state index in [0.29, 0.717) is 5.41 Å². The summed E-state index contributed by atoms with van der Waals surface area (Å²) in [7, 11) is 0. The number of hydrogen-bond acceptors (Lipinski definition) is 3. The molecule has 1 saturated carbocycles. The zero-order valence-electron chi connectivity index (χ0n) is 15.2. The van der Waals surface area contributed by atoms with Gasteiger partial charge in [0.05, 0.1) is 5.39 Å². The van der Waals surface area contributed by atoms with E-state index in [-0.39, 0.29) is 5.56 Å². The van der Waals surface area contributed by atoms with E-state index >= 15 is 0 Å². The van der Waals surface area contributed by atoms with E-state index in [0.717, 1.165) is 42.1 Å². The summed E-state index contributed by atoms with van der Waals surface area (Å²) in [5.74, 6) is 0.731. The number of anilines is 1. The molecule has 132 valence electrons. The highest BCUT2D eigenvalue weighted by Gasteiger charge is 2.37. The van der Waals surface area contributed by atoms with Crippen molar-refractivity contribution in [1.29, 1.82) is 0 Å². The molecule has 3 heterocycles. The summed E-state index contributed by atoms with van der Waals surface area (Å²) in [6.07, 6.45) is 10.8. The molecule has 2 aromatic rings. The molecule has 0 aromatic carbocycles. The highest BCUT2D eigenvalue weighted by molar-refractivity contribution is 5.79. The summed E-state index contributed by atoms with van der Waals surface area (Å²) in [4.78, 5) is 25.4. The minimum atomic E-state index is -0.0146. The van der Waals surface area contributed by atoms with Crippen LogP contribution < -0.4 is 10.5 Å². The fraction of sp³-hybridized carbons (Fsp3) is 0.684. The largest absolute Gasteiger partial charge is 0.346 e. The van der Waals surface area contributed by atoms with Gasteiger partial charge in [-0.15, -0.1) is 0 Å². The van der Waals surface area contributed by atoms with Gasteiger partial charge in [0.2, 0.25) is 5.95 Å². The van der Waals surface area contributed by atoms with E-state index < -0.39 is 0 Å². The van der Waals surface area contributed by atoms with E-state index in [1.54, 1.807) is 0 Å². The maximum atomic E-state index is 12.4. The first-order valence-corrected chi connectivity index (χ1v) is 9.56. The van der Waals surface area contributed by atoms with Crippen molar-refractivity contribution in [2.24, 2.45) is 5.41 Å². The Balaban J connectivity index is 0.000000815. The lowest BCUT2D eigenvalue weighted by atomic mass is 9.77. The summed E-state index contributed by atoms with van der Waals surface area (Å²) in [5, 5.41) is 0.718. The number of nitrogens with zero attached hydrogens (tertiary/aromatic N) is 2. The average molecular weight is 330 g/mol. The number of rotatable bonds is 2. The highest BCUT2D eigenvalue weighted by atomic mass is 16.1. The van der Waals surface area contributed by atoms with Crippen LogP contribution in [0.1, 0.15) is 64.9 Å². The molecule has 0 unspecified atom stereocenters. The molecule has 5 heteroatoms. The molecule has 4 rings (SSSR count). The Bertz CT molecular complexity index is 729. The van der Waals surface area contributed by atoms with E-state index in [9.17, 15) is 4.79 Å². The van der Waals surface area contributed by atoms with Crippen LogP contribution in [-0.4, -0.2) is 28.0 Å². The quantitative estimate of drug-likeness (QED) is 0.874. The summed E-state index contributed by atoms with van der Waals surface area (Å²) in [6, 6.07) is 0. The van der Waals surface area contributed by atoms with E-state index in [4.69, 9.17) is 0 Å². The lowest BCUT2D eigenvalue weighted by Gasteiger charge is -2.39. The van der Waals surface area contributed by atoms with Crippen LogP contribution in [0.3, 0.4) is 0 Å². The molecule has 2 aliphatic rings. The van der Waals surface area contributed by atoms with Crippen LogP contribution >= 0.6 is 0 Å². The Hall–Kier alpha value is -1.78. The van der Waals surface area contributed by atoms with Crippen LogP contribution in [-0.2, 0) is 6.42 Å². The standard InChI is InChI=1S/C17H24N4O.C2H6/c1-2-12-11-18-14-13(12)15(22)20-16(19-14)21-9-7-17(8-10-21)5-3-4-6-17;1-2/h11H,2-10H2,1H3,(H2,18,19,20,22);1-2H3. The van der Waals surface area contributed by atoms with Gasteiger partial charge >= 0.3 is 0 Å². The smallest absolute Gasteiger partial charge is 0.262 e. The van der Waals surface area contributed by atoms with Crippen molar-refractivity contribution in [2.45, 2.75) is 65.7 Å². The Kier molecular flexibility index (Phi) is 4.97. The van der Waals surface area contributed by atoms with Gasteiger partial charge in [-0.2, -0.15) is 4.98 Å². The van der Waals surface area contributed by atoms with Gasteiger partial charge in [-0.3, -0.25) is 9.78 Å². The number of hydrogen-bond donors (Lipinski definition) is 2. The van der Waals surface area contributed by atoms with Gasteiger partial charge in [0.15, 0.2) is 0 Å². The minimum Gasteiger partial charge on any atom is -0.346 e. The third kappa shape index (κ3) is 2.96. The Labute approximate surface area is 143 Å². The average Bonchev–Trinajstić information content (AvgIpc) is 3.24. The van der Waals surface area contributed by atoms with Gasteiger partial charge in [0.25, 0.3) is 5.56 Å². The number of H-pyrrole nitrogens is 2. The molecule has 0 amide bonds. The molecule has 1 saturated heterocycles. The number of nitrogens with one attached hydrogen (secondary N) is 2. The van der Waals surface area contributed by atoms with Crippen molar-refractivity contribution in [1.82, 2.24) is 15.0 Å². The lowest BCUT2D eigenvalue weighted by molar-refractivity contribution is 0.225. The number of aromatic amines is 2. The Morgan fingerprint density at radius 1 is 1.17 bits per heavy atom. The predicted molar refractivity (Wildman–Crippen MR) is 99.8 cm³/mol. The van der Waals surface area contributed by atoms with E-state index in [2.05, 4.69) is 26.8 Å². The van der Waals surface area contributed by atoms with Gasteiger partial charge < -0.3 is 9.88 Å². The second-order valence-electron chi connectivity index (χ2n) is 6.97. The predicted octanol–water partition coefficient (Wildman–Crippen LogP) is 4.00. The topological polar surface area (TPSA) is 64.8 Å². The van der Waals surface area contributed by atoms with Crippen molar-refractivity contribution in [3.05, 3.63) is 22.1 Å². The fourth-order valence-corrected chi connectivity index (χ4v) is 4.34. The molecule has 2 N–H and O–H groups in total. The van der Waals surface area contributed by atoms with E-state index in [1.807, 2.05) is 20.0 Å². The van der Waals surface area contributed by atoms with Crippen molar-refractivity contribution in [2.75, 3.05) is 18.0 Å². The minimum absolute atomic E-state index is 0.0146. The zero-order valence-corrected chi connectivity index (χ0v) is 15.2. The zero-order chi connectivity index (χ0) is 17.2. The van der Waals surface area contributed by atoms with Crippen LogP contribution in [0.2, 0.25) is 0 Å². The monoisotopic (exact) mass is 330 g/mol. The number of fused-ring (bicyclic) bond motifs is 1. The summed E-state index contributed by atoms with van der Waals surface area (Å²) >= 11 is 0. The van der Waals surface area contributed by atoms with Gasteiger partial charge in [-0.05, 0) is 43.1 Å². The molecule has 0 radical (unpaired) electrons. The van der Waals surface area contributed by atoms with Gasteiger partial charge in [-0.25, -0.2) is 0 Å². The van der Waals surface area contributed by atoms with Crippen molar-refractivity contribution in [3.63, 3.8) is 0 Å². The first-order valence-electron chi connectivity index (χ1n) is 9.56. The van der Waals surface area contributed by atoms with Crippen molar-refractivity contribution in [3.8, 4) is 0 Å². The molecule has 2 aromatic heterocycles. The summed E-state index contributed by atoms with van der Waals surface area (Å²) in [5.41, 5.74) is 2.33. The summed E-state index contributed by atoms with van der Waals surface area (Å²) < 4.78 is 0. The molecule has 2 fully saturated rings. The van der Waals surface area contributed by atoms with Crippen molar-refractivity contribution >= 4 is 17.0 Å². The van der Waals surface area contributed by atoms with Crippen LogP contribution in [0, 0.1) is 5.41 Å². The summed E-state index contributed by atoms with van der Waals surface area (Å²) in [6.45, 7) is 8.08. The second kappa shape index (κ2) is 6.99. The number of aromatic nitrogens is 3. The fourth-order valence-electron chi connectivity index (χ4n) is 4.34. The highest BCUT2D eigenvalue weighted by Crippen LogP contribution is 2.46. The maximum absolute atomic E-state index is 12.4. The van der Waals surface area contributed by atoms with Crippen LogP contribution in [0.15, 0.2) is 11.0 Å². The normalized spacial score (nSPS) is 19.5. The van der Waals surface area contributed by atoms with Gasteiger partial charge in [-0.1, -0.05) is 33.6 Å². The van der Waals surface area contributed by atoms with E-state index in [1.165, 1.54) is 38.5 Å². The molecule has 1 aliphatic carbocycles. The first-order chi connectivity index (χ1) is 11.7. The second-order valence-corrected chi connectivity index (χ2v) is 6.97. The van der Waals surface area contributed by atoms with Gasteiger partial charge in [0, 0.05) is 19.3 Å². The van der Waals surface area contributed by atoms with Crippen LogP contribution in [0.25, 0.3) is 11.0 Å². The molecule has 1 spiro atoms. The Morgan fingerprint density at radius 3 is 2.46 bits per heavy atom. The van der Waals surface area contributed by atoms with Crippen LogP contribution in [0.4, 0.5) is 5.95 Å². The third-order valence-corrected chi connectivity index (χ3v) is 5.78. The molecular weight excluding hydrogens is 300 g/mol. The van der Waals surface area contributed by atoms with Gasteiger partial charge in [0.1, 0.15) is 5.65 Å². The van der Waals surface area contributed by atoms with Crippen LogP contribution in [0.5, 0.6) is 0 Å². The maximum Gasteiger partial charge on any atom is 0.262 e. The molecule has 24 heavy (non-hydrogen) atoms. The molecule has 0 atom stereocenters. The molecular formula is C19H30N4O. The molecule has 1 aliphatic heterocycles. The molecule has 5 nitrogen and oxygen atoms in total.